The summed E-state index contributed by atoms with van der Waals surface area (Å²) in [5, 5.41) is 7.28. The van der Waals surface area contributed by atoms with Gasteiger partial charge >= 0.3 is 0 Å². The van der Waals surface area contributed by atoms with Crippen LogP contribution in [0.2, 0.25) is 5.02 Å². The maximum Gasteiger partial charge on any atom is 0.229 e. The summed E-state index contributed by atoms with van der Waals surface area (Å²) in [7, 11) is 0. The predicted molar refractivity (Wildman–Crippen MR) is 100 cm³/mol. The number of aryl methyl sites for hydroxylation is 2. The first kappa shape index (κ1) is 16.3. The standard InChI is InChI=1S/C19H19ClN4/c1-13-5-3-4-6-15(13)12-22-18-9-10-21-19(24-18)23-17-8-7-16(20)11-14(17)2/h3-11H,12H2,1-2H3,(H2,21,22,23,24). The van der Waals surface area contributed by atoms with Crippen molar-refractivity contribution in [3.05, 3.63) is 76.4 Å². The summed E-state index contributed by atoms with van der Waals surface area (Å²) in [6.07, 6.45) is 1.74. The molecule has 0 amide bonds. The van der Waals surface area contributed by atoms with E-state index in [0.29, 0.717) is 11.0 Å². The zero-order chi connectivity index (χ0) is 16.9. The maximum absolute atomic E-state index is 5.99. The highest BCUT2D eigenvalue weighted by Gasteiger charge is 2.04. The fraction of sp³-hybridized carbons (Fsp3) is 0.158. The van der Waals surface area contributed by atoms with E-state index in [9.17, 15) is 0 Å². The molecule has 3 aromatic rings. The quantitative estimate of drug-likeness (QED) is 0.679. The Hall–Kier alpha value is -2.59. The summed E-state index contributed by atoms with van der Waals surface area (Å²) in [4.78, 5) is 8.79. The highest BCUT2D eigenvalue weighted by molar-refractivity contribution is 6.30. The van der Waals surface area contributed by atoms with E-state index in [1.165, 1.54) is 11.1 Å². The van der Waals surface area contributed by atoms with Gasteiger partial charge in [-0.1, -0.05) is 35.9 Å². The summed E-state index contributed by atoms with van der Waals surface area (Å²) < 4.78 is 0. The largest absolute Gasteiger partial charge is 0.366 e. The third kappa shape index (κ3) is 4.03. The van der Waals surface area contributed by atoms with E-state index in [2.05, 4.69) is 39.7 Å². The summed E-state index contributed by atoms with van der Waals surface area (Å²) >= 11 is 5.99. The molecule has 0 bridgehead atoms. The van der Waals surface area contributed by atoms with Crippen molar-refractivity contribution in [3.63, 3.8) is 0 Å². The van der Waals surface area contributed by atoms with Crippen molar-refractivity contribution in [2.75, 3.05) is 10.6 Å². The molecule has 4 nitrogen and oxygen atoms in total. The zero-order valence-corrected chi connectivity index (χ0v) is 14.4. The van der Waals surface area contributed by atoms with E-state index in [4.69, 9.17) is 11.6 Å². The molecule has 122 valence electrons. The third-order valence-corrected chi connectivity index (χ3v) is 4.05. The van der Waals surface area contributed by atoms with E-state index >= 15 is 0 Å². The molecule has 0 unspecified atom stereocenters. The Morgan fingerprint density at radius 2 is 1.83 bits per heavy atom. The lowest BCUT2D eigenvalue weighted by atomic mass is 10.1. The first-order valence-electron chi connectivity index (χ1n) is 7.76. The van der Waals surface area contributed by atoms with Crippen LogP contribution in [-0.2, 0) is 6.54 Å². The molecule has 2 aromatic carbocycles. The van der Waals surface area contributed by atoms with Crippen LogP contribution in [0.4, 0.5) is 17.5 Å². The van der Waals surface area contributed by atoms with Gasteiger partial charge in [0.05, 0.1) is 0 Å². The van der Waals surface area contributed by atoms with Crippen molar-refractivity contribution in [3.8, 4) is 0 Å². The molecule has 0 aliphatic rings. The van der Waals surface area contributed by atoms with E-state index in [-0.39, 0.29) is 0 Å². The average Bonchev–Trinajstić information content (AvgIpc) is 2.57. The molecule has 0 aliphatic carbocycles. The number of aromatic nitrogens is 2. The number of hydrogen-bond donors (Lipinski definition) is 2. The van der Waals surface area contributed by atoms with Crippen molar-refractivity contribution in [2.45, 2.75) is 20.4 Å². The SMILES string of the molecule is Cc1ccccc1CNc1ccnc(Nc2ccc(Cl)cc2C)n1. The molecule has 0 saturated heterocycles. The molecule has 24 heavy (non-hydrogen) atoms. The third-order valence-electron chi connectivity index (χ3n) is 3.81. The number of benzene rings is 2. The first-order valence-corrected chi connectivity index (χ1v) is 8.14. The van der Waals surface area contributed by atoms with Crippen molar-refractivity contribution in [2.24, 2.45) is 0 Å². The van der Waals surface area contributed by atoms with Crippen molar-refractivity contribution >= 4 is 29.1 Å². The molecule has 2 N–H and O–H groups in total. The van der Waals surface area contributed by atoms with Gasteiger partial charge in [0.15, 0.2) is 0 Å². The van der Waals surface area contributed by atoms with Crippen LogP contribution < -0.4 is 10.6 Å². The number of nitrogens with one attached hydrogen (secondary N) is 2. The smallest absolute Gasteiger partial charge is 0.229 e. The molecule has 0 aliphatic heterocycles. The Kier molecular flexibility index (Phi) is 4.96. The molecule has 0 fully saturated rings. The Morgan fingerprint density at radius 3 is 2.62 bits per heavy atom. The van der Waals surface area contributed by atoms with Crippen molar-refractivity contribution < 1.29 is 0 Å². The topological polar surface area (TPSA) is 49.8 Å². The van der Waals surface area contributed by atoms with Crippen LogP contribution in [0.15, 0.2) is 54.7 Å². The lowest BCUT2D eigenvalue weighted by Crippen LogP contribution is -2.05. The van der Waals surface area contributed by atoms with E-state index in [1.807, 2.05) is 43.3 Å². The lowest BCUT2D eigenvalue weighted by molar-refractivity contribution is 1.07. The minimum absolute atomic E-state index is 0.551. The molecule has 3 rings (SSSR count). The van der Waals surface area contributed by atoms with Crippen LogP contribution in [0.1, 0.15) is 16.7 Å². The molecule has 1 aromatic heterocycles. The highest BCUT2D eigenvalue weighted by atomic mass is 35.5. The number of nitrogens with zero attached hydrogens (tertiary/aromatic N) is 2. The minimum Gasteiger partial charge on any atom is -0.366 e. The minimum atomic E-state index is 0.551. The molecular weight excluding hydrogens is 320 g/mol. The van der Waals surface area contributed by atoms with Gasteiger partial charge in [-0.05, 0) is 54.8 Å². The number of halogens is 1. The summed E-state index contributed by atoms with van der Waals surface area (Å²) in [5.74, 6) is 1.33. The van der Waals surface area contributed by atoms with E-state index in [0.717, 1.165) is 23.6 Å². The Morgan fingerprint density at radius 1 is 1.00 bits per heavy atom. The normalized spacial score (nSPS) is 10.5. The van der Waals surface area contributed by atoms with Gasteiger partial charge < -0.3 is 10.6 Å². The monoisotopic (exact) mass is 338 g/mol. The van der Waals surface area contributed by atoms with Gasteiger partial charge in [-0.2, -0.15) is 4.98 Å². The Balaban J connectivity index is 1.71. The predicted octanol–water partition coefficient (Wildman–Crippen LogP) is 5.10. The zero-order valence-electron chi connectivity index (χ0n) is 13.7. The fourth-order valence-corrected chi connectivity index (χ4v) is 2.63. The summed E-state index contributed by atoms with van der Waals surface area (Å²) in [6.45, 7) is 4.82. The lowest BCUT2D eigenvalue weighted by Gasteiger charge is -2.11. The number of anilines is 3. The van der Waals surface area contributed by atoms with Crippen molar-refractivity contribution in [1.29, 1.82) is 0 Å². The van der Waals surface area contributed by atoms with Crippen LogP contribution >= 0.6 is 11.6 Å². The molecule has 0 spiro atoms. The molecule has 0 radical (unpaired) electrons. The van der Waals surface area contributed by atoms with Crippen LogP contribution in [0.3, 0.4) is 0 Å². The fourth-order valence-electron chi connectivity index (χ4n) is 2.40. The number of hydrogen-bond acceptors (Lipinski definition) is 4. The van der Waals surface area contributed by atoms with Crippen LogP contribution in [0, 0.1) is 13.8 Å². The molecule has 1 heterocycles. The van der Waals surface area contributed by atoms with Crippen molar-refractivity contribution in [1.82, 2.24) is 9.97 Å². The molecule has 0 atom stereocenters. The van der Waals surface area contributed by atoms with Gasteiger partial charge in [-0.25, -0.2) is 4.98 Å². The summed E-state index contributed by atoms with van der Waals surface area (Å²) in [5.41, 5.74) is 4.49. The first-order chi connectivity index (χ1) is 11.6. The Bertz CT molecular complexity index is 848. The van der Waals surface area contributed by atoms with Crippen LogP contribution in [0.25, 0.3) is 0 Å². The second-order valence-electron chi connectivity index (χ2n) is 5.63. The van der Waals surface area contributed by atoms with E-state index < -0.39 is 0 Å². The number of rotatable bonds is 5. The van der Waals surface area contributed by atoms with Gasteiger partial charge in [-0.15, -0.1) is 0 Å². The van der Waals surface area contributed by atoms with Gasteiger partial charge in [0.1, 0.15) is 5.82 Å². The Labute approximate surface area is 146 Å². The van der Waals surface area contributed by atoms with Crippen LogP contribution in [-0.4, -0.2) is 9.97 Å². The van der Waals surface area contributed by atoms with Gasteiger partial charge in [0, 0.05) is 23.5 Å². The molecule has 5 heteroatoms. The van der Waals surface area contributed by atoms with E-state index in [1.54, 1.807) is 6.20 Å². The molecular formula is C19H19ClN4. The molecule has 0 saturated carbocycles. The second-order valence-corrected chi connectivity index (χ2v) is 6.07. The highest BCUT2D eigenvalue weighted by Crippen LogP contribution is 2.22. The average molecular weight is 339 g/mol. The second kappa shape index (κ2) is 7.32. The van der Waals surface area contributed by atoms with Gasteiger partial charge in [0.25, 0.3) is 0 Å². The maximum atomic E-state index is 5.99. The van der Waals surface area contributed by atoms with Gasteiger partial charge in [-0.3, -0.25) is 0 Å². The van der Waals surface area contributed by atoms with Crippen LogP contribution in [0.5, 0.6) is 0 Å². The van der Waals surface area contributed by atoms with Gasteiger partial charge in [0.2, 0.25) is 5.95 Å². The summed E-state index contributed by atoms with van der Waals surface area (Å²) in [6, 6.07) is 15.8.